The minimum absolute atomic E-state index is 0.427. The van der Waals surface area contributed by atoms with Crippen LogP contribution in [-0.4, -0.2) is 14.8 Å². The summed E-state index contributed by atoms with van der Waals surface area (Å²) in [7, 11) is 0. The third-order valence-corrected chi connectivity index (χ3v) is 4.11. The lowest BCUT2D eigenvalue weighted by molar-refractivity contribution is 0.409. The Kier molecular flexibility index (Phi) is 2.28. The zero-order chi connectivity index (χ0) is 11.3. The van der Waals surface area contributed by atoms with Crippen LogP contribution < -0.4 is 0 Å². The molecule has 1 heterocycles. The number of fused-ring (bicyclic) bond motifs is 2. The molecule has 3 rings (SSSR count). The number of nitrogens with one attached hydrogen (secondary N) is 1. The summed E-state index contributed by atoms with van der Waals surface area (Å²) in [4.78, 5) is 0. The van der Waals surface area contributed by atoms with Gasteiger partial charge in [-0.3, -0.25) is 5.10 Å². The van der Waals surface area contributed by atoms with E-state index in [1.807, 2.05) is 0 Å². The van der Waals surface area contributed by atoms with E-state index in [1.54, 1.807) is 0 Å². The normalized spacial score (nSPS) is 31.8. The average molecular weight is 235 g/mol. The molecule has 3 atom stereocenters. The number of hydrogen-bond donors (Lipinski definition) is 1. The summed E-state index contributed by atoms with van der Waals surface area (Å²) in [5, 5.41) is 7.31. The summed E-state index contributed by atoms with van der Waals surface area (Å²) in [6.07, 6.45) is 7.25. The number of aromatic nitrogens is 3. The van der Waals surface area contributed by atoms with E-state index in [2.05, 4.69) is 40.8 Å². The van der Waals surface area contributed by atoms with E-state index in [0.29, 0.717) is 17.9 Å². The molecule has 0 aromatic carbocycles. The van der Waals surface area contributed by atoms with Crippen molar-refractivity contribution in [2.45, 2.75) is 38.6 Å². The molecule has 0 unspecified atom stereocenters. The zero-order valence-corrected chi connectivity index (χ0v) is 10.5. The van der Waals surface area contributed by atoms with Gasteiger partial charge in [-0.25, -0.2) is 0 Å². The van der Waals surface area contributed by atoms with E-state index in [4.69, 9.17) is 12.2 Å². The van der Waals surface area contributed by atoms with Crippen LogP contribution in [-0.2, 0) is 0 Å². The molecule has 1 aromatic rings. The number of allylic oxidation sites excluding steroid dienone is 2. The highest BCUT2D eigenvalue weighted by Gasteiger charge is 2.38. The van der Waals surface area contributed by atoms with Gasteiger partial charge in [0.2, 0.25) is 0 Å². The van der Waals surface area contributed by atoms with Crippen LogP contribution in [0.25, 0.3) is 0 Å². The maximum absolute atomic E-state index is 5.37. The van der Waals surface area contributed by atoms with Crippen molar-refractivity contribution in [1.29, 1.82) is 0 Å². The molecule has 0 aliphatic heterocycles. The monoisotopic (exact) mass is 235 g/mol. The molecule has 0 amide bonds. The quantitative estimate of drug-likeness (QED) is 0.631. The predicted octanol–water partition coefficient (Wildman–Crippen LogP) is 3.20. The smallest absolute Gasteiger partial charge is 0.195 e. The van der Waals surface area contributed by atoms with Gasteiger partial charge in [-0.1, -0.05) is 26.0 Å². The Bertz CT molecular complexity index is 483. The lowest BCUT2D eigenvalue weighted by Gasteiger charge is -2.22. The summed E-state index contributed by atoms with van der Waals surface area (Å²) in [6, 6.07) is 0.540. The largest absolute Gasteiger partial charge is 0.300 e. The molecular weight excluding hydrogens is 218 g/mol. The number of hydrogen-bond acceptors (Lipinski definition) is 2. The van der Waals surface area contributed by atoms with Crippen LogP contribution in [0.2, 0.25) is 0 Å². The number of H-pyrrole nitrogens is 1. The molecule has 0 radical (unpaired) electrons. The second kappa shape index (κ2) is 3.55. The Labute approximate surface area is 101 Å². The Balaban J connectivity index is 2.03. The van der Waals surface area contributed by atoms with Crippen LogP contribution in [0.5, 0.6) is 0 Å². The SMILES string of the molecule is CC(C)c1n[nH]c(=S)n1[C@@H]1C[C@H]2C=C[C@H]1C2. The van der Waals surface area contributed by atoms with Gasteiger partial charge in [-0.2, -0.15) is 5.10 Å². The summed E-state index contributed by atoms with van der Waals surface area (Å²) < 4.78 is 3.04. The maximum Gasteiger partial charge on any atom is 0.195 e. The average Bonchev–Trinajstić information content (AvgIpc) is 2.90. The summed E-state index contributed by atoms with van der Waals surface area (Å²) in [6.45, 7) is 4.34. The Hall–Kier alpha value is -0.900. The Morgan fingerprint density at radius 1 is 1.44 bits per heavy atom. The van der Waals surface area contributed by atoms with Crippen molar-refractivity contribution in [2.24, 2.45) is 11.8 Å². The highest BCUT2D eigenvalue weighted by molar-refractivity contribution is 7.71. The molecule has 0 saturated heterocycles. The molecule has 0 spiro atoms. The second-order valence-corrected chi connectivity index (χ2v) is 5.65. The predicted molar refractivity (Wildman–Crippen MR) is 65.9 cm³/mol. The van der Waals surface area contributed by atoms with Gasteiger partial charge in [0.1, 0.15) is 5.82 Å². The van der Waals surface area contributed by atoms with Crippen molar-refractivity contribution in [3.05, 3.63) is 22.7 Å². The van der Waals surface area contributed by atoms with Gasteiger partial charge in [-0.15, -0.1) is 0 Å². The molecule has 1 aromatic heterocycles. The van der Waals surface area contributed by atoms with E-state index in [0.717, 1.165) is 16.5 Å². The lowest BCUT2D eigenvalue weighted by atomic mass is 10.0. The highest BCUT2D eigenvalue weighted by Crippen LogP contribution is 2.46. The van der Waals surface area contributed by atoms with Crippen molar-refractivity contribution in [3.63, 3.8) is 0 Å². The fourth-order valence-electron chi connectivity index (χ4n) is 3.09. The van der Waals surface area contributed by atoms with Crippen molar-refractivity contribution in [3.8, 4) is 0 Å². The van der Waals surface area contributed by atoms with Gasteiger partial charge in [0.25, 0.3) is 0 Å². The first-order valence-electron chi connectivity index (χ1n) is 6.02. The van der Waals surface area contributed by atoms with Crippen LogP contribution in [0.1, 0.15) is 44.5 Å². The Morgan fingerprint density at radius 2 is 2.25 bits per heavy atom. The molecule has 2 bridgehead atoms. The molecule has 3 nitrogen and oxygen atoms in total. The topological polar surface area (TPSA) is 33.6 Å². The van der Waals surface area contributed by atoms with Crippen molar-refractivity contribution >= 4 is 12.2 Å². The minimum atomic E-state index is 0.427. The van der Waals surface area contributed by atoms with Gasteiger partial charge >= 0.3 is 0 Å². The van der Waals surface area contributed by atoms with E-state index < -0.39 is 0 Å². The zero-order valence-electron chi connectivity index (χ0n) is 9.68. The first kappa shape index (κ1) is 10.3. The van der Waals surface area contributed by atoms with Gasteiger partial charge < -0.3 is 4.57 Å². The second-order valence-electron chi connectivity index (χ2n) is 5.26. The van der Waals surface area contributed by atoms with Crippen LogP contribution in [0, 0.1) is 16.6 Å². The van der Waals surface area contributed by atoms with Gasteiger partial charge in [0, 0.05) is 12.0 Å². The Morgan fingerprint density at radius 3 is 2.81 bits per heavy atom. The van der Waals surface area contributed by atoms with Crippen molar-refractivity contribution < 1.29 is 0 Å². The maximum atomic E-state index is 5.37. The van der Waals surface area contributed by atoms with Gasteiger partial charge in [0.15, 0.2) is 4.77 Å². The third kappa shape index (κ3) is 1.39. The number of nitrogens with zero attached hydrogens (tertiary/aromatic N) is 2. The highest BCUT2D eigenvalue weighted by atomic mass is 32.1. The summed E-state index contributed by atoms with van der Waals surface area (Å²) >= 11 is 5.37. The fourth-order valence-corrected chi connectivity index (χ4v) is 3.37. The van der Waals surface area contributed by atoms with Crippen molar-refractivity contribution in [1.82, 2.24) is 14.8 Å². The summed E-state index contributed by atoms with van der Waals surface area (Å²) in [5.41, 5.74) is 0. The molecule has 2 aliphatic carbocycles. The molecule has 16 heavy (non-hydrogen) atoms. The molecule has 1 N–H and O–H groups in total. The molecular formula is C12H17N3S. The first-order valence-corrected chi connectivity index (χ1v) is 6.42. The van der Waals surface area contributed by atoms with E-state index in [1.165, 1.54) is 12.8 Å². The molecule has 1 fully saturated rings. The summed E-state index contributed by atoms with van der Waals surface area (Å²) in [5.74, 6) is 2.98. The lowest BCUT2D eigenvalue weighted by Crippen LogP contribution is -2.17. The number of rotatable bonds is 2. The van der Waals surface area contributed by atoms with Crippen molar-refractivity contribution in [2.75, 3.05) is 0 Å². The third-order valence-electron chi connectivity index (χ3n) is 3.82. The standard InChI is InChI=1S/C12H17N3S/c1-7(2)11-13-14-12(16)15(11)10-6-8-3-4-9(10)5-8/h3-4,7-10H,5-6H2,1-2H3,(H,14,16)/t8-,9-,10+/m0/s1. The number of aromatic amines is 1. The van der Waals surface area contributed by atoms with Crippen LogP contribution in [0.4, 0.5) is 0 Å². The van der Waals surface area contributed by atoms with E-state index in [9.17, 15) is 0 Å². The van der Waals surface area contributed by atoms with Crippen LogP contribution >= 0.6 is 12.2 Å². The van der Waals surface area contributed by atoms with E-state index >= 15 is 0 Å². The van der Waals surface area contributed by atoms with E-state index in [-0.39, 0.29) is 0 Å². The van der Waals surface area contributed by atoms with Gasteiger partial charge in [-0.05, 0) is 36.9 Å². The molecule has 86 valence electrons. The molecule has 2 aliphatic rings. The minimum Gasteiger partial charge on any atom is -0.300 e. The van der Waals surface area contributed by atoms with Gasteiger partial charge in [0.05, 0.1) is 0 Å². The molecule has 1 saturated carbocycles. The van der Waals surface area contributed by atoms with Crippen LogP contribution in [0.3, 0.4) is 0 Å². The molecule has 4 heteroatoms. The van der Waals surface area contributed by atoms with Crippen LogP contribution in [0.15, 0.2) is 12.2 Å². The first-order chi connectivity index (χ1) is 7.66. The fraction of sp³-hybridized carbons (Fsp3) is 0.667.